The van der Waals surface area contributed by atoms with Crippen molar-refractivity contribution in [3.8, 4) is 0 Å². The molecule has 32 heavy (non-hydrogen) atoms. The molecule has 0 aliphatic heterocycles. The Labute approximate surface area is 194 Å². The van der Waals surface area contributed by atoms with E-state index in [9.17, 15) is 9.59 Å². The third kappa shape index (κ3) is 7.46. The molecule has 174 valence electrons. The van der Waals surface area contributed by atoms with E-state index >= 15 is 0 Å². The van der Waals surface area contributed by atoms with Crippen LogP contribution in [0.1, 0.15) is 38.3 Å². The van der Waals surface area contributed by atoms with Gasteiger partial charge in [-0.1, -0.05) is 43.0 Å². The van der Waals surface area contributed by atoms with Gasteiger partial charge in [0.15, 0.2) is 5.13 Å². The normalized spacial score (nSPS) is 17.6. The molecule has 0 bridgehead atoms. The van der Waals surface area contributed by atoms with Gasteiger partial charge in [0.2, 0.25) is 5.91 Å². The molecule has 1 amide bonds. The monoisotopic (exact) mass is 459 g/mol. The van der Waals surface area contributed by atoms with Crippen molar-refractivity contribution in [3.05, 3.63) is 59.7 Å². The number of amides is 1. The number of carbonyl (C=O) groups is 2. The second-order valence-electron chi connectivity index (χ2n) is 7.63. The van der Waals surface area contributed by atoms with E-state index in [0.717, 1.165) is 29.4 Å². The van der Waals surface area contributed by atoms with Crippen molar-refractivity contribution in [1.29, 1.82) is 0 Å². The van der Waals surface area contributed by atoms with E-state index in [1.807, 2.05) is 24.3 Å². The van der Waals surface area contributed by atoms with E-state index in [2.05, 4.69) is 35.2 Å². The Balaban J connectivity index is 2.01. The van der Waals surface area contributed by atoms with Gasteiger partial charge in [-0.15, -0.1) is 11.3 Å². The van der Waals surface area contributed by atoms with Gasteiger partial charge in [0.1, 0.15) is 6.04 Å². The summed E-state index contributed by atoms with van der Waals surface area (Å²) < 4.78 is 5.24. The summed E-state index contributed by atoms with van der Waals surface area (Å²) in [5.74, 6) is -1.48. The maximum atomic E-state index is 12.2. The maximum Gasteiger partial charge on any atom is 0.325 e. The third-order valence-corrected chi connectivity index (χ3v) is 6.19. The van der Waals surface area contributed by atoms with Crippen LogP contribution in [0.4, 0.5) is 5.13 Å². The molecular formula is C24H33N3O4S. The first kappa shape index (κ1) is 25.5. The number of hydrogen-bond acceptors (Lipinski definition) is 6. The second-order valence-corrected chi connectivity index (χ2v) is 8.46. The quantitative estimate of drug-likeness (QED) is 0.435. The summed E-state index contributed by atoms with van der Waals surface area (Å²) >= 11 is 1.62. The lowest BCUT2D eigenvalue weighted by Crippen LogP contribution is -2.41. The van der Waals surface area contributed by atoms with E-state index in [4.69, 9.17) is 14.8 Å². The molecule has 7 nitrogen and oxygen atoms in total. The predicted molar refractivity (Wildman–Crippen MR) is 129 cm³/mol. The number of ether oxygens (including phenoxy) is 1. The standard InChI is InChI=1S/C24H33N3O4S/c1-5-7-8-19(13-14-31-4)21-16-32-24(26-21)27(6-2)15-18-9-11-20(12-10-18)22(28)25-17(3)23(29)30/h5,7-11,16-17,19-20H,1,6,12-15H2,2-4H3,(H,25,28)(H,29,30)/b8-7-. The van der Waals surface area contributed by atoms with Crippen LogP contribution in [0.2, 0.25) is 0 Å². The number of nitrogens with one attached hydrogen (secondary N) is 1. The number of rotatable bonds is 13. The Hall–Kier alpha value is -2.71. The SMILES string of the molecule is C=C/C=C\C(CCOC)c1csc(N(CC)CC2=CCC(C(=O)NC(C)C(=O)O)C=C2)n1. The fourth-order valence-electron chi connectivity index (χ4n) is 3.29. The van der Waals surface area contributed by atoms with Gasteiger partial charge in [0.05, 0.1) is 11.6 Å². The summed E-state index contributed by atoms with van der Waals surface area (Å²) in [6, 6.07) is -0.898. The molecule has 8 heteroatoms. The van der Waals surface area contributed by atoms with Gasteiger partial charge in [-0.3, -0.25) is 9.59 Å². The molecule has 1 heterocycles. The van der Waals surface area contributed by atoms with Crippen molar-refractivity contribution >= 4 is 28.3 Å². The number of carboxylic acid groups (broad SMARTS) is 1. The van der Waals surface area contributed by atoms with Crippen LogP contribution >= 0.6 is 11.3 Å². The first-order valence-corrected chi connectivity index (χ1v) is 11.7. The van der Waals surface area contributed by atoms with E-state index in [1.165, 1.54) is 6.92 Å². The zero-order valence-electron chi connectivity index (χ0n) is 19.0. The Morgan fingerprint density at radius 1 is 1.50 bits per heavy atom. The first-order chi connectivity index (χ1) is 15.4. The molecule has 2 rings (SSSR count). The van der Waals surface area contributed by atoms with Crippen molar-refractivity contribution in [2.45, 2.75) is 38.6 Å². The third-order valence-electron chi connectivity index (χ3n) is 5.27. The lowest BCUT2D eigenvalue weighted by Gasteiger charge is -2.23. The molecule has 1 aromatic rings. The summed E-state index contributed by atoms with van der Waals surface area (Å²) in [5, 5.41) is 14.5. The second kappa shape index (κ2) is 13.0. The molecule has 0 saturated heterocycles. The van der Waals surface area contributed by atoms with Crippen molar-refractivity contribution in [1.82, 2.24) is 10.3 Å². The number of aliphatic carboxylic acids is 1. The topological polar surface area (TPSA) is 91.8 Å². The Morgan fingerprint density at radius 2 is 2.28 bits per heavy atom. The average molecular weight is 460 g/mol. The number of carbonyl (C=O) groups excluding carboxylic acids is 1. The molecule has 3 unspecified atom stereocenters. The molecular weight excluding hydrogens is 426 g/mol. The van der Waals surface area contributed by atoms with E-state index < -0.39 is 12.0 Å². The predicted octanol–water partition coefficient (Wildman–Crippen LogP) is 3.92. The lowest BCUT2D eigenvalue weighted by molar-refractivity contribution is -0.141. The number of methoxy groups -OCH3 is 1. The average Bonchev–Trinajstić information content (AvgIpc) is 3.27. The molecule has 0 radical (unpaired) electrons. The molecule has 1 aliphatic rings. The van der Waals surface area contributed by atoms with Crippen molar-refractivity contribution in [3.63, 3.8) is 0 Å². The van der Waals surface area contributed by atoms with Gasteiger partial charge in [0, 0.05) is 38.1 Å². The lowest BCUT2D eigenvalue weighted by atomic mass is 9.95. The van der Waals surface area contributed by atoms with E-state index in [1.54, 1.807) is 24.5 Å². The summed E-state index contributed by atoms with van der Waals surface area (Å²) in [5.41, 5.74) is 2.14. The summed E-state index contributed by atoms with van der Waals surface area (Å²) in [6.07, 6.45) is 13.1. The maximum absolute atomic E-state index is 12.2. The molecule has 0 aromatic carbocycles. The number of nitrogens with zero attached hydrogens (tertiary/aromatic N) is 2. The van der Waals surface area contributed by atoms with Crippen LogP contribution in [0.3, 0.4) is 0 Å². The summed E-state index contributed by atoms with van der Waals surface area (Å²) in [4.78, 5) is 30.3. The van der Waals surface area contributed by atoms with Crippen LogP contribution in [0.25, 0.3) is 0 Å². The van der Waals surface area contributed by atoms with Crippen LogP contribution in [-0.4, -0.2) is 54.8 Å². The van der Waals surface area contributed by atoms with Crippen molar-refractivity contribution in [2.75, 3.05) is 31.7 Å². The van der Waals surface area contributed by atoms with Gasteiger partial charge < -0.3 is 20.1 Å². The van der Waals surface area contributed by atoms with Gasteiger partial charge in [-0.25, -0.2) is 4.98 Å². The molecule has 0 spiro atoms. The van der Waals surface area contributed by atoms with Crippen LogP contribution in [0.15, 0.2) is 54.0 Å². The van der Waals surface area contributed by atoms with Crippen LogP contribution in [0.5, 0.6) is 0 Å². The number of likely N-dealkylation sites (N-methyl/N-ethyl adjacent to an activating group) is 1. The van der Waals surface area contributed by atoms with Crippen molar-refractivity contribution < 1.29 is 19.4 Å². The van der Waals surface area contributed by atoms with Gasteiger partial charge in [0.25, 0.3) is 0 Å². The molecule has 3 atom stereocenters. The molecule has 1 aliphatic carbocycles. The van der Waals surface area contributed by atoms with Crippen LogP contribution < -0.4 is 10.2 Å². The number of allylic oxidation sites excluding steroid dienone is 4. The van der Waals surface area contributed by atoms with Crippen molar-refractivity contribution in [2.24, 2.45) is 5.92 Å². The molecule has 0 saturated carbocycles. The smallest absolute Gasteiger partial charge is 0.325 e. The Bertz CT molecular complexity index is 874. The fourth-order valence-corrected chi connectivity index (χ4v) is 4.24. The highest BCUT2D eigenvalue weighted by Gasteiger charge is 2.22. The highest BCUT2D eigenvalue weighted by molar-refractivity contribution is 7.13. The molecule has 1 aromatic heterocycles. The summed E-state index contributed by atoms with van der Waals surface area (Å²) in [7, 11) is 1.70. The first-order valence-electron chi connectivity index (χ1n) is 10.8. The van der Waals surface area contributed by atoms with E-state index in [-0.39, 0.29) is 17.7 Å². The minimum atomic E-state index is -1.04. The molecule has 0 fully saturated rings. The minimum absolute atomic E-state index is 0.179. The number of thiazole rings is 1. The number of hydrogen-bond donors (Lipinski definition) is 2. The number of anilines is 1. The largest absolute Gasteiger partial charge is 0.480 e. The highest BCUT2D eigenvalue weighted by Crippen LogP contribution is 2.29. The Morgan fingerprint density at radius 3 is 2.88 bits per heavy atom. The number of aromatic nitrogens is 1. The fraction of sp³-hybridized carbons (Fsp3) is 0.458. The van der Waals surface area contributed by atoms with Gasteiger partial charge >= 0.3 is 5.97 Å². The Kier molecular flexibility index (Phi) is 10.4. The highest BCUT2D eigenvalue weighted by atomic mass is 32.1. The minimum Gasteiger partial charge on any atom is -0.480 e. The van der Waals surface area contributed by atoms with E-state index in [0.29, 0.717) is 19.6 Å². The summed E-state index contributed by atoms with van der Waals surface area (Å²) in [6.45, 7) is 9.47. The van der Waals surface area contributed by atoms with Gasteiger partial charge in [-0.2, -0.15) is 0 Å². The zero-order valence-corrected chi connectivity index (χ0v) is 19.8. The number of carboxylic acids is 1. The molecule has 2 N–H and O–H groups in total. The van der Waals surface area contributed by atoms with Crippen LogP contribution in [-0.2, 0) is 14.3 Å². The van der Waals surface area contributed by atoms with Gasteiger partial charge in [-0.05, 0) is 32.3 Å². The zero-order chi connectivity index (χ0) is 23.5. The van der Waals surface area contributed by atoms with Crippen LogP contribution in [0, 0.1) is 5.92 Å².